The highest BCUT2D eigenvalue weighted by atomic mass is 19.1. The molecule has 0 bridgehead atoms. The van der Waals surface area contributed by atoms with Crippen LogP contribution < -0.4 is 11.1 Å². The first-order valence-corrected chi connectivity index (χ1v) is 6.00. The zero-order valence-corrected chi connectivity index (χ0v) is 10.8. The Morgan fingerprint density at radius 1 is 1.40 bits per heavy atom. The quantitative estimate of drug-likeness (QED) is 0.670. The van der Waals surface area contributed by atoms with Crippen LogP contribution in [0.15, 0.2) is 18.2 Å². The van der Waals surface area contributed by atoms with Gasteiger partial charge >= 0.3 is 0 Å². The van der Waals surface area contributed by atoms with E-state index < -0.39 is 17.6 Å². The number of aliphatic hydroxyl groups is 1. The summed E-state index contributed by atoms with van der Waals surface area (Å²) >= 11 is 0. The molecule has 20 heavy (non-hydrogen) atoms. The van der Waals surface area contributed by atoms with Gasteiger partial charge in [-0.1, -0.05) is 11.8 Å². The van der Waals surface area contributed by atoms with Crippen molar-refractivity contribution >= 4 is 11.8 Å². The van der Waals surface area contributed by atoms with Gasteiger partial charge < -0.3 is 16.2 Å². The third kappa shape index (κ3) is 5.08. The number of carbonyl (C=O) groups excluding carboxylic acids is 2. The minimum absolute atomic E-state index is 0.00653. The van der Waals surface area contributed by atoms with E-state index >= 15 is 0 Å². The number of hydrogen-bond acceptors (Lipinski definition) is 3. The van der Waals surface area contributed by atoms with Crippen molar-refractivity contribution in [2.24, 2.45) is 5.73 Å². The molecule has 1 aromatic rings. The van der Waals surface area contributed by atoms with Gasteiger partial charge in [0.1, 0.15) is 5.82 Å². The molecule has 5 nitrogen and oxygen atoms in total. The molecule has 0 spiro atoms. The van der Waals surface area contributed by atoms with Gasteiger partial charge in [-0.2, -0.15) is 0 Å². The number of nitrogens with two attached hydrogens (primary N) is 1. The van der Waals surface area contributed by atoms with E-state index in [1.165, 1.54) is 12.1 Å². The number of halogens is 1. The van der Waals surface area contributed by atoms with Gasteiger partial charge in [0.15, 0.2) is 0 Å². The molecule has 1 aromatic carbocycles. The minimum atomic E-state index is -0.558. The Morgan fingerprint density at radius 2 is 2.15 bits per heavy atom. The van der Waals surface area contributed by atoms with Crippen molar-refractivity contribution < 1.29 is 19.1 Å². The van der Waals surface area contributed by atoms with Crippen LogP contribution in [0, 0.1) is 17.7 Å². The van der Waals surface area contributed by atoms with Crippen molar-refractivity contribution in [2.75, 3.05) is 13.2 Å². The van der Waals surface area contributed by atoms with Crippen LogP contribution in [0.2, 0.25) is 0 Å². The fraction of sp³-hybridized carbons (Fsp3) is 0.286. The first kappa shape index (κ1) is 15.7. The second-order valence-electron chi connectivity index (χ2n) is 3.94. The maximum atomic E-state index is 13.2. The predicted molar refractivity (Wildman–Crippen MR) is 71.1 cm³/mol. The molecule has 0 saturated carbocycles. The smallest absolute Gasteiger partial charge is 0.252 e. The lowest BCUT2D eigenvalue weighted by molar-refractivity contribution is -0.117. The zero-order valence-electron chi connectivity index (χ0n) is 10.8. The molecule has 1 rings (SSSR count). The van der Waals surface area contributed by atoms with Crippen molar-refractivity contribution in [1.29, 1.82) is 0 Å². The molecule has 0 unspecified atom stereocenters. The van der Waals surface area contributed by atoms with E-state index in [1.54, 1.807) is 0 Å². The van der Waals surface area contributed by atoms with Gasteiger partial charge in [0.25, 0.3) is 5.91 Å². The fourth-order valence-electron chi connectivity index (χ4n) is 1.42. The summed E-state index contributed by atoms with van der Waals surface area (Å²) in [7, 11) is 0. The summed E-state index contributed by atoms with van der Waals surface area (Å²) in [5.41, 5.74) is 5.40. The Kier molecular flexibility index (Phi) is 6.20. The van der Waals surface area contributed by atoms with Crippen molar-refractivity contribution in [3.63, 3.8) is 0 Å². The third-order valence-corrected chi connectivity index (χ3v) is 2.34. The Labute approximate surface area is 116 Å². The molecular weight excluding hydrogens is 263 g/mol. The molecule has 2 amide bonds. The van der Waals surface area contributed by atoms with Crippen LogP contribution in [-0.4, -0.2) is 30.1 Å². The first-order valence-electron chi connectivity index (χ1n) is 6.00. The Bertz CT molecular complexity index is 561. The van der Waals surface area contributed by atoms with E-state index in [0.717, 1.165) is 6.07 Å². The van der Waals surface area contributed by atoms with Crippen LogP contribution in [0.25, 0.3) is 0 Å². The number of hydrogen-bond donors (Lipinski definition) is 3. The van der Waals surface area contributed by atoms with E-state index in [-0.39, 0.29) is 31.6 Å². The summed E-state index contributed by atoms with van der Waals surface area (Å²) in [6.07, 6.45) is 0.271. The number of rotatable bonds is 5. The molecule has 0 radical (unpaired) electrons. The minimum Gasteiger partial charge on any atom is -0.395 e. The number of amides is 2. The maximum absolute atomic E-state index is 13.2. The van der Waals surface area contributed by atoms with Crippen LogP contribution in [0.3, 0.4) is 0 Å². The number of carbonyl (C=O) groups is 2. The van der Waals surface area contributed by atoms with Crippen molar-refractivity contribution in [3.05, 3.63) is 35.1 Å². The lowest BCUT2D eigenvalue weighted by Crippen LogP contribution is -2.28. The largest absolute Gasteiger partial charge is 0.395 e. The van der Waals surface area contributed by atoms with E-state index in [2.05, 4.69) is 17.2 Å². The number of benzene rings is 1. The van der Waals surface area contributed by atoms with Crippen molar-refractivity contribution in [2.45, 2.75) is 12.8 Å². The molecule has 4 N–H and O–H groups in total. The molecule has 0 fully saturated rings. The summed E-state index contributed by atoms with van der Waals surface area (Å²) in [6, 6.07) is 3.66. The van der Waals surface area contributed by atoms with E-state index in [1.807, 2.05) is 0 Å². The average Bonchev–Trinajstić information content (AvgIpc) is 2.40. The van der Waals surface area contributed by atoms with Crippen molar-refractivity contribution in [1.82, 2.24) is 5.32 Å². The molecule has 6 heteroatoms. The van der Waals surface area contributed by atoms with Crippen LogP contribution in [0.1, 0.15) is 28.8 Å². The van der Waals surface area contributed by atoms with Gasteiger partial charge in [-0.25, -0.2) is 4.39 Å². The molecule has 106 valence electrons. The Hall–Kier alpha value is -2.39. The molecule has 0 heterocycles. The molecule has 0 aliphatic heterocycles. The summed E-state index contributed by atoms with van der Waals surface area (Å²) < 4.78 is 13.2. The monoisotopic (exact) mass is 278 g/mol. The van der Waals surface area contributed by atoms with E-state index in [4.69, 9.17) is 10.8 Å². The maximum Gasteiger partial charge on any atom is 0.252 e. The lowest BCUT2D eigenvalue weighted by atomic mass is 10.1. The average molecular weight is 278 g/mol. The predicted octanol–water partition coefficient (Wildman–Crippen LogP) is 0.165. The summed E-state index contributed by atoms with van der Waals surface area (Å²) in [5, 5.41) is 11.1. The Morgan fingerprint density at radius 3 is 2.80 bits per heavy atom. The second kappa shape index (κ2) is 7.92. The molecule has 0 saturated heterocycles. The number of primary amides is 1. The number of nitrogens with one attached hydrogen (secondary N) is 1. The normalized spacial score (nSPS) is 9.50. The zero-order chi connectivity index (χ0) is 15.0. The fourth-order valence-corrected chi connectivity index (χ4v) is 1.42. The van der Waals surface area contributed by atoms with Crippen LogP contribution in [0.5, 0.6) is 0 Å². The number of aliphatic hydroxyl groups excluding tert-OH is 1. The first-order chi connectivity index (χ1) is 9.54. The van der Waals surface area contributed by atoms with Gasteiger partial charge in [-0.05, 0) is 18.2 Å². The highest BCUT2D eigenvalue weighted by Gasteiger charge is 2.11. The van der Waals surface area contributed by atoms with E-state index in [0.29, 0.717) is 5.56 Å². The second-order valence-corrected chi connectivity index (χ2v) is 3.94. The molecule has 0 aliphatic carbocycles. The summed E-state index contributed by atoms with van der Waals surface area (Å²) in [5.74, 6) is 3.74. The topological polar surface area (TPSA) is 92.4 Å². The Balaban J connectivity index is 2.86. The molecular formula is C14H15FN2O3. The third-order valence-electron chi connectivity index (χ3n) is 2.34. The van der Waals surface area contributed by atoms with Gasteiger partial charge in [-0.3, -0.25) is 9.59 Å². The molecule has 0 aliphatic rings. The lowest BCUT2D eigenvalue weighted by Gasteiger charge is -2.06. The van der Waals surface area contributed by atoms with Crippen LogP contribution in [-0.2, 0) is 4.79 Å². The van der Waals surface area contributed by atoms with Gasteiger partial charge in [-0.15, -0.1) is 0 Å². The summed E-state index contributed by atoms with van der Waals surface area (Å²) in [6.45, 7) is -0.0114. The van der Waals surface area contributed by atoms with Gasteiger partial charge in [0.2, 0.25) is 5.91 Å². The summed E-state index contributed by atoms with van der Waals surface area (Å²) in [4.78, 5) is 22.5. The van der Waals surface area contributed by atoms with E-state index in [9.17, 15) is 14.0 Å². The van der Waals surface area contributed by atoms with Gasteiger partial charge in [0, 0.05) is 24.9 Å². The van der Waals surface area contributed by atoms with Gasteiger partial charge in [0.05, 0.1) is 12.2 Å². The van der Waals surface area contributed by atoms with Crippen LogP contribution in [0.4, 0.5) is 4.39 Å². The van der Waals surface area contributed by atoms with Crippen molar-refractivity contribution in [3.8, 4) is 11.8 Å². The highest BCUT2D eigenvalue weighted by molar-refractivity contribution is 5.96. The SMILES string of the molecule is NC(=O)CCNC(=O)c1cc(F)ccc1C#CCCO. The standard InChI is InChI=1S/C14H15FN2O3/c15-11-5-4-10(3-1-2-8-18)12(9-11)14(20)17-7-6-13(16)19/h4-5,9,18H,2,6-8H2,(H2,16,19)(H,17,20). The van der Waals surface area contributed by atoms with Crippen LogP contribution >= 0.6 is 0 Å². The molecule has 0 atom stereocenters. The highest BCUT2D eigenvalue weighted by Crippen LogP contribution is 2.10. The molecule has 0 aromatic heterocycles.